The van der Waals surface area contributed by atoms with Crippen LogP contribution in [0.2, 0.25) is 6.32 Å². The van der Waals surface area contributed by atoms with E-state index in [1.165, 1.54) is 0 Å². The molecule has 0 saturated carbocycles. The van der Waals surface area contributed by atoms with Crippen LogP contribution in [0.25, 0.3) is 0 Å². The van der Waals surface area contributed by atoms with E-state index in [0.29, 0.717) is 0 Å². The molecule has 104 valence electrons. The van der Waals surface area contributed by atoms with Crippen molar-refractivity contribution < 1.29 is 43.4 Å². The van der Waals surface area contributed by atoms with Crippen molar-refractivity contribution in [3.63, 3.8) is 0 Å². The molecule has 1 spiro atoms. The van der Waals surface area contributed by atoms with Crippen molar-refractivity contribution in [1.29, 1.82) is 0 Å². The lowest BCUT2D eigenvalue weighted by Gasteiger charge is -2.28. The Hall–Kier alpha value is -1.94. The summed E-state index contributed by atoms with van der Waals surface area (Å²) in [5.74, 6) is -3.98. The van der Waals surface area contributed by atoms with Gasteiger partial charge < -0.3 is 29.0 Å². The minimum Gasteiger partial charge on any atom is -0.641 e. The van der Waals surface area contributed by atoms with Crippen molar-refractivity contribution in [3.05, 3.63) is 0 Å². The first-order chi connectivity index (χ1) is 8.81. The molecular weight excluding hydrogens is 263 g/mol. The molecule has 0 aromatic heterocycles. The average molecular weight is 273 g/mol. The van der Waals surface area contributed by atoms with Gasteiger partial charge in [-0.1, -0.05) is 0 Å². The van der Waals surface area contributed by atoms with Crippen LogP contribution in [0.3, 0.4) is 0 Å². The molecule has 0 bridgehead atoms. The Morgan fingerprint density at radius 3 is 2.21 bits per heavy atom. The highest BCUT2D eigenvalue weighted by Gasteiger charge is 2.53. The van der Waals surface area contributed by atoms with Gasteiger partial charge in [0.2, 0.25) is 0 Å². The lowest BCUT2D eigenvalue weighted by Crippen LogP contribution is -2.38. The van der Waals surface area contributed by atoms with E-state index in [2.05, 4.69) is 0 Å². The third kappa shape index (κ3) is 2.74. The van der Waals surface area contributed by atoms with Gasteiger partial charge in [0.05, 0.1) is 18.9 Å². The van der Waals surface area contributed by atoms with Crippen molar-refractivity contribution in [2.45, 2.75) is 31.4 Å². The number of hydrogen-bond acceptors (Lipinski definition) is 7. The maximum atomic E-state index is 11.5. The van der Waals surface area contributed by atoms with Crippen LogP contribution in [0.15, 0.2) is 0 Å². The Balaban J connectivity index is 2.06. The summed E-state index contributed by atoms with van der Waals surface area (Å²) in [5, 5.41) is 17.2. The van der Waals surface area contributed by atoms with Gasteiger partial charge in [0.1, 0.15) is 11.9 Å². The Labute approximate surface area is 106 Å². The van der Waals surface area contributed by atoms with E-state index in [1.807, 2.05) is 0 Å². The summed E-state index contributed by atoms with van der Waals surface area (Å²) in [6.07, 6.45) is -4.14. The van der Waals surface area contributed by atoms with E-state index in [-0.39, 0.29) is 6.32 Å². The van der Waals surface area contributed by atoms with Gasteiger partial charge in [-0.05, 0) is 6.32 Å². The molecule has 0 aliphatic carbocycles. The van der Waals surface area contributed by atoms with Gasteiger partial charge >= 0.3 is 18.7 Å². The molecule has 9 nitrogen and oxygen atoms in total. The number of aliphatic carboxylic acids is 2. The zero-order valence-corrected chi connectivity index (χ0v) is 9.61. The highest BCUT2D eigenvalue weighted by atomic mass is 16.8. The van der Waals surface area contributed by atoms with Crippen LogP contribution >= 0.6 is 0 Å². The van der Waals surface area contributed by atoms with E-state index in [1.54, 1.807) is 0 Å². The monoisotopic (exact) mass is 273 g/mol. The molecule has 2 heterocycles. The van der Waals surface area contributed by atoms with Crippen LogP contribution in [0.4, 0.5) is 0 Å². The fourth-order valence-corrected chi connectivity index (χ4v) is 2.10. The smallest absolute Gasteiger partial charge is 0.445 e. The first-order valence-corrected chi connectivity index (χ1v) is 5.51. The highest BCUT2D eigenvalue weighted by molar-refractivity contribution is 6.69. The van der Waals surface area contributed by atoms with E-state index < -0.39 is 55.5 Å². The molecule has 0 aromatic rings. The summed E-state index contributed by atoms with van der Waals surface area (Å²) < 4.78 is 15.0. The number of carboxylic acid groups (broad SMARTS) is 2. The van der Waals surface area contributed by atoms with Crippen LogP contribution in [0.1, 0.15) is 12.8 Å². The molecule has 0 unspecified atom stereocenters. The van der Waals surface area contributed by atoms with Gasteiger partial charge in [0.25, 0.3) is 5.97 Å². The molecule has 2 saturated heterocycles. The molecular formula is C9H10BO9-. The summed E-state index contributed by atoms with van der Waals surface area (Å²) in [7, 11) is 0. The molecule has 2 fully saturated rings. The van der Waals surface area contributed by atoms with Crippen LogP contribution < -0.4 is 0 Å². The van der Waals surface area contributed by atoms with E-state index in [0.717, 1.165) is 0 Å². The molecule has 2 aliphatic heterocycles. The van der Waals surface area contributed by atoms with Crippen LogP contribution in [-0.2, 0) is 33.1 Å². The lowest BCUT2D eigenvalue weighted by molar-refractivity contribution is -0.145. The fourth-order valence-electron chi connectivity index (χ4n) is 2.10. The number of carbonyl (C=O) groups is 4. The summed E-state index contributed by atoms with van der Waals surface area (Å²) >= 11 is 0. The van der Waals surface area contributed by atoms with E-state index in [4.69, 9.17) is 24.2 Å². The number of carbonyl (C=O) groups excluding carboxylic acids is 2. The lowest BCUT2D eigenvalue weighted by atomic mass is 9.75. The second kappa shape index (κ2) is 4.63. The van der Waals surface area contributed by atoms with Crippen molar-refractivity contribution >= 4 is 30.4 Å². The summed E-state index contributed by atoms with van der Waals surface area (Å²) in [5.41, 5.74) is 0. The molecule has 2 rings (SSSR count). The standard InChI is InChI=1S/C9H10BO9/c11-4-3-10(17-5(4)1-7(12)13)18-6(2-8(14)15)9(16)19-10/h5-6H,1-3H2,(H,12,13)(H,14,15)/q-1/t5-,6-,10-/m0/s1. The number of carboxylic acids is 2. The van der Waals surface area contributed by atoms with E-state index in [9.17, 15) is 19.2 Å². The fraction of sp³-hybridized carbons (Fsp3) is 0.556. The van der Waals surface area contributed by atoms with Gasteiger partial charge in [-0.2, -0.15) is 0 Å². The van der Waals surface area contributed by atoms with Crippen LogP contribution in [-0.4, -0.2) is 52.9 Å². The van der Waals surface area contributed by atoms with Gasteiger partial charge in [0.15, 0.2) is 0 Å². The van der Waals surface area contributed by atoms with Gasteiger partial charge in [0, 0.05) is 0 Å². The maximum Gasteiger partial charge on any atom is 0.445 e. The average Bonchev–Trinajstić information content (AvgIpc) is 2.67. The predicted molar refractivity (Wildman–Crippen MR) is 55.9 cm³/mol. The molecule has 0 aromatic carbocycles. The normalized spacial score (nSPS) is 33.7. The summed E-state index contributed by atoms with van der Waals surface area (Å²) in [6.45, 7) is -2.70. The van der Waals surface area contributed by atoms with Gasteiger partial charge in [-0.15, -0.1) is 0 Å². The predicted octanol–water partition coefficient (Wildman–Crippen LogP) is -1.22. The Morgan fingerprint density at radius 1 is 1.11 bits per heavy atom. The van der Waals surface area contributed by atoms with Crippen LogP contribution in [0, 0.1) is 0 Å². The molecule has 2 aliphatic rings. The number of Topliss-reactive ketones (excluding diaryl/α,β-unsaturated/α-hetero) is 1. The van der Waals surface area contributed by atoms with Crippen molar-refractivity contribution in [2.24, 2.45) is 0 Å². The molecule has 0 radical (unpaired) electrons. The Morgan fingerprint density at radius 2 is 1.63 bits per heavy atom. The number of hydrogen-bond donors (Lipinski definition) is 2. The zero-order chi connectivity index (χ0) is 14.2. The topological polar surface area (TPSA) is 136 Å². The number of ketones is 1. The largest absolute Gasteiger partial charge is 0.641 e. The maximum absolute atomic E-state index is 11.5. The Bertz CT molecular complexity index is 417. The molecule has 0 amide bonds. The molecule has 19 heavy (non-hydrogen) atoms. The third-order valence-corrected chi connectivity index (χ3v) is 2.83. The molecule has 10 heteroatoms. The van der Waals surface area contributed by atoms with Gasteiger partial charge in [-0.25, -0.2) is 0 Å². The third-order valence-electron chi connectivity index (χ3n) is 2.83. The van der Waals surface area contributed by atoms with Crippen LogP contribution in [0.5, 0.6) is 0 Å². The zero-order valence-electron chi connectivity index (χ0n) is 9.61. The summed E-state index contributed by atoms with van der Waals surface area (Å²) in [6, 6.07) is 0. The van der Waals surface area contributed by atoms with Crippen molar-refractivity contribution in [3.8, 4) is 0 Å². The quantitative estimate of drug-likeness (QED) is 0.604. The van der Waals surface area contributed by atoms with Crippen molar-refractivity contribution in [1.82, 2.24) is 0 Å². The second-order valence-corrected chi connectivity index (χ2v) is 4.34. The Kier molecular flexibility index (Phi) is 3.29. The first kappa shape index (κ1) is 13.5. The van der Waals surface area contributed by atoms with Gasteiger partial charge in [-0.3, -0.25) is 14.4 Å². The second-order valence-electron chi connectivity index (χ2n) is 4.34. The molecule has 2 N–H and O–H groups in total. The minimum atomic E-state index is -2.70. The first-order valence-electron chi connectivity index (χ1n) is 5.51. The number of rotatable bonds is 4. The SMILES string of the molecule is O=C(O)C[C@@H]1O[B@-]2(CC1=O)OC(=O)[C@H](CC(=O)O)O2. The van der Waals surface area contributed by atoms with Crippen molar-refractivity contribution in [2.75, 3.05) is 0 Å². The summed E-state index contributed by atoms with van der Waals surface area (Å²) in [4.78, 5) is 44.0. The minimum absolute atomic E-state index is 0.389. The highest BCUT2D eigenvalue weighted by Crippen LogP contribution is 2.35. The molecule has 3 atom stereocenters. The van der Waals surface area contributed by atoms with E-state index >= 15 is 0 Å².